The van der Waals surface area contributed by atoms with Gasteiger partial charge in [0.1, 0.15) is 5.82 Å². The van der Waals surface area contributed by atoms with Gasteiger partial charge in [0.05, 0.1) is 12.1 Å². The third-order valence-electron chi connectivity index (χ3n) is 5.94. The fourth-order valence-electron chi connectivity index (χ4n) is 4.23. The Labute approximate surface area is 164 Å². The molecule has 0 atom stereocenters. The summed E-state index contributed by atoms with van der Waals surface area (Å²) in [5.41, 5.74) is 3.03. The summed E-state index contributed by atoms with van der Waals surface area (Å²) >= 11 is 0. The second kappa shape index (κ2) is 8.25. The largest absolute Gasteiger partial charge is 0.342 e. The molecule has 148 valence electrons. The first-order valence-electron chi connectivity index (χ1n) is 10.2. The number of aryl methyl sites for hydroxylation is 2. The topological polar surface area (TPSA) is 55.2 Å². The monoisotopic (exact) mass is 383 g/mol. The van der Waals surface area contributed by atoms with E-state index in [1.807, 2.05) is 4.90 Å². The zero-order chi connectivity index (χ0) is 19.5. The summed E-state index contributed by atoms with van der Waals surface area (Å²) in [6.07, 6.45) is 6.27. The number of carbonyl (C=O) groups excluding carboxylic acids is 1. The lowest BCUT2D eigenvalue weighted by Crippen LogP contribution is -2.41. The van der Waals surface area contributed by atoms with Crippen molar-refractivity contribution in [1.29, 1.82) is 0 Å². The summed E-state index contributed by atoms with van der Waals surface area (Å²) in [7, 11) is 0. The number of halogens is 1. The van der Waals surface area contributed by atoms with Gasteiger partial charge in [0, 0.05) is 25.7 Å². The van der Waals surface area contributed by atoms with E-state index in [1.165, 1.54) is 12.1 Å². The molecule has 1 saturated heterocycles. The summed E-state index contributed by atoms with van der Waals surface area (Å²) in [5.74, 6) is 0.152. The van der Waals surface area contributed by atoms with Gasteiger partial charge in [-0.1, -0.05) is 12.1 Å². The third kappa shape index (κ3) is 4.32. The van der Waals surface area contributed by atoms with E-state index in [2.05, 4.69) is 5.10 Å². The molecule has 1 amide bonds. The van der Waals surface area contributed by atoms with Crippen molar-refractivity contribution >= 4 is 5.91 Å². The number of benzene rings is 1. The molecule has 5 nitrogen and oxygen atoms in total. The highest BCUT2D eigenvalue weighted by molar-refractivity contribution is 5.78. The maximum Gasteiger partial charge on any atom is 0.267 e. The highest BCUT2D eigenvalue weighted by Crippen LogP contribution is 2.21. The van der Waals surface area contributed by atoms with Crippen LogP contribution in [0.4, 0.5) is 4.39 Å². The van der Waals surface area contributed by atoms with E-state index in [9.17, 15) is 14.0 Å². The SMILES string of the molecule is O=C(Cc1ccc(F)cc1)N1CCC(Cn2nc3c(cc2=O)CCCC3)CC1. The van der Waals surface area contributed by atoms with Gasteiger partial charge >= 0.3 is 0 Å². The van der Waals surface area contributed by atoms with Gasteiger partial charge in [0.25, 0.3) is 5.56 Å². The van der Waals surface area contributed by atoms with Gasteiger partial charge in [-0.25, -0.2) is 9.07 Å². The number of fused-ring (bicyclic) bond motifs is 1. The van der Waals surface area contributed by atoms with Crippen LogP contribution in [0.3, 0.4) is 0 Å². The minimum absolute atomic E-state index is 0.00420. The zero-order valence-electron chi connectivity index (χ0n) is 16.1. The second-order valence-electron chi connectivity index (χ2n) is 7.97. The van der Waals surface area contributed by atoms with E-state index in [4.69, 9.17) is 0 Å². The molecule has 1 aromatic carbocycles. The molecule has 1 aromatic heterocycles. The molecule has 4 rings (SSSR count). The molecule has 2 aromatic rings. The number of nitrogens with zero attached hydrogens (tertiary/aromatic N) is 3. The Balaban J connectivity index is 1.32. The summed E-state index contributed by atoms with van der Waals surface area (Å²) in [4.78, 5) is 26.7. The predicted molar refractivity (Wildman–Crippen MR) is 105 cm³/mol. The molecule has 1 aliphatic carbocycles. The van der Waals surface area contributed by atoms with Gasteiger partial charge in [-0.15, -0.1) is 0 Å². The summed E-state index contributed by atoms with van der Waals surface area (Å²) < 4.78 is 14.6. The van der Waals surface area contributed by atoms with Crippen molar-refractivity contribution < 1.29 is 9.18 Å². The average Bonchev–Trinajstić information content (AvgIpc) is 2.71. The first-order chi connectivity index (χ1) is 13.6. The van der Waals surface area contributed by atoms with E-state index in [1.54, 1.807) is 22.9 Å². The lowest BCUT2D eigenvalue weighted by Gasteiger charge is -2.32. The Morgan fingerprint density at radius 1 is 1.11 bits per heavy atom. The molecule has 2 heterocycles. The quantitative estimate of drug-likeness (QED) is 0.816. The number of hydrogen-bond acceptors (Lipinski definition) is 3. The van der Waals surface area contributed by atoms with Gasteiger partial charge in [0.15, 0.2) is 0 Å². The van der Waals surface area contributed by atoms with Crippen LogP contribution in [-0.4, -0.2) is 33.7 Å². The highest BCUT2D eigenvalue weighted by Gasteiger charge is 2.24. The Hall–Kier alpha value is -2.50. The normalized spacial score (nSPS) is 17.4. The fraction of sp³-hybridized carbons (Fsp3) is 0.500. The van der Waals surface area contributed by atoms with E-state index in [0.717, 1.165) is 55.3 Å². The van der Waals surface area contributed by atoms with Crippen molar-refractivity contribution in [1.82, 2.24) is 14.7 Å². The molecule has 28 heavy (non-hydrogen) atoms. The highest BCUT2D eigenvalue weighted by atomic mass is 19.1. The molecule has 6 heteroatoms. The molecule has 0 spiro atoms. The van der Waals surface area contributed by atoms with Crippen LogP contribution in [-0.2, 0) is 30.6 Å². The van der Waals surface area contributed by atoms with Crippen LogP contribution in [0.5, 0.6) is 0 Å². The molecule has 1 aliphatic heterocycles. The summed E-state index contributed by atoms with van der Waals surface area (Å²) in [6, 6.07) is 7.86. The van der Waals surface area contributed by atoms with Crippen molar-refractivity contribution in [3.8, 4) is 0 Å². The van der Waals surface area contributed by atoms with Crippen LogP contribution < -0.4 is 5.56 Å². The third-order valence-corrected chi connectivity index (χ3v) is 5.94. The lowest BCUT2D eigenvalue weighted by molar-refractivity contribution is -0.131. The predicted octanol–water partition coefficient (Wildman–Crippen LogP) is 2.74. The molecule has 1 fully saturated rings. The Morgan fingerprint density at radius 2 is 1.82 bits per heavy atom. The number of aromatic nitrogens is 2. The number of rotatable bonds is 4. The van der Waals surface area contributed by atoms with Gasteiger partial charge in [0.2, 0.25) is 5.91 Å². The average molecular weight is 383 g/mol. The number of piperidine rings is 1. The first-order valence-corrected chi connectivity index (χ1v) is 10.2. The first kappa shape index (κ1) is 18.8. The number of likely N-dealkylation sites (tertiary alicyclic amines) is 1. The summed E-state index contributed by atoms with van der Waals surface area (Å²) in [6.45, 7) is 2.03. The van der Waals surface area contributed by atoms with Crippen LogP contribution in [0.15, 0.2) is 35.1 Å². The molecule has 0 N–H and O–H groups in total. The molecule has 0 saturated carbocycles. The van der Waals surface area contributed by atoms with Gasteiger partial charge in [-0.3, -0.25) is 9.59 Å². The molecule has 0 radical (unpaired) electrons. The van der Waals surface area contributed by atoms with E-state index in [-0.39, 0.29) is 17.3 Å². The summed E-state index contributed by atoms with van der Waals surface area (Å²) in [5, 5.41) is 4.62. The van der Waals surface area contributed by atoms with Crippen molar-refractivity contribution in [3.05, 3.63) is 63.3 Å². The van der Waals surface area contributed by atoms with Crippen LogP contribution in [0.1, 0.15) is 42.5 Å². The zero-order valence-corrected chi connectivity index (χ0v) is 16.1. The van der Waals surface area contributed by atoms with Crippen molar-refractivity contribution in [2.24, 2.45) is 5.92 Å². The van der Waals surface area contributed by atoms with Crippen LogP contribution in [0.2, 0.25) is 0 Å². The van der Waals surface area contributed by atoms with E-state index >= 15 is 0 Å². The lowest BCUT2D eigenvalue weighted by atomic mass is 9.95. The van der Waals surface area contributed by atoms with E-state index in [0.29, 0.717) is 32.0 Å². The van der Waals surface area contributed by atoms with Gasteiger partial charge < -0.3 is 4.90 Å². The molecular weight excluding hydrogens is 357 g/mol. The second-order valence-corrected chi connectivity index (χ2v) is 7.97. The minimum atomic E-state index is -0.289. The maximum absolute atomic E-state index is 13.0. The fourth-order valence-corrected chi connectivity index (χ4v) is 4.23. The molecular formula is C22H26FN3O2. The van der Waals surface area contributed by atoms with Gasteiger partial charge in [-0.2, -0.15) is 5.10 Å². The number of hydrogen-bond donors (Lipinski definition) is 0. The minimum Gasteiger partial charge on any atom is -0.342 e. The van der Waals surface area contributed by atoms with Crippen molar-refractivity contribution in [2.75, 3.05) is 13.1 Å². The smallest absolute Gasteiger partial charge is 0.267 e. The van der Waals surface area contributed by atoms with Crippen molar-refractivity contribution in [3.63, 3.8) is 0 Å². The Bertz CT molecular complexity index is 899. The molecule has 0 unspecified atom stereocenters. The van der Waals surface area contributed by atoms with Crippen LogP contribution >= 0.6 is 0 Å². The standard InChI is InChI=1S/C22H26FN3O2/c23-19-7-5-16(6-8-19)13-21(27)25-11-9-17(10-12-25)15-26-22(28)14-18-3-1-2-4-20(18)24-26/h5-8,14,17H,1-4,9-13,15H2. The Kier molecular flexibility index (Phi) is 5.55. The van der Waals surface area contributed by atoms with Crippen LogP contribution in [0.25, 0.3) is 0 Å². The van der Waals surface area contributed by atoms with Crippen LogP contribution in [0, 0.1) is 11.7 Å². The number of carbonyl (C=O) groups is 1. The van der Waals surface area contributed by atoms with E-state index < -0.39 is 0 Å². The van der Waals surface area contributed by atoms with Crippen molar-refractivity contribution in [2.45, 2.75) is 51.5 Å². The maximum atomic E-state index is 13.0. The number of amides is 1. The molecule has 2 aliphatic rings. The molecule has 0 bridgehead atoms. The Morgan fingerprint density at radius 3 is 2.57 bits per heavy atom. The van der Waals surface area contributed by atoms with Gasteiger partial charge in [-0.05, 0) is 67.7 Å².